The molecule has 3 atom stereocenters. The van der Waals surface area contributed by atoms with Gasteiger partial charge in [-0.2, -0.15) is 0 Å². The lowest BCUT2D eigenvalue weighted by Crippen LogP contribution is -2.29. The van der Waals surface area contributed by atoms with Gasteiger partial charge in [-0.05, 0) is 76.7 Å². The molecule has 0 aromatic heterocycles. The Morgan fingerprint density at radius 1 is 1.18 bits per heavy atom. The lowest BCUT2D eigenvalue weighted by atomic mass is 9.76. The van der Waals surface area contributed by atoms with Crippen molar-refractivity contribution < 1.29 is 0 Å². The van der Waals surface area contributed by atoms with Crippen LogP contribution in [0.2, 0.25) is 5.02 Å². The molecule has 22 heavy (non-hydrogen) atoms. The number of rotatable bonds is 1. The molecule has 1 aliphatic carbocycles. The molecule has 1 aliphatic heterocycles. The number of hydrogen-bond donors (Lipinski definition) is 1. The minimum atomic E-state index is 0.278. The first-order valence-corrected chi connectivity index (χ1v) is 9.08. The largest absolute Gasteiger partial charge is 0.377 e. The van der Waals surface area contributed by atoms with Gasteiger partial charge < -0.3 is 5.32 Å². The Labute approximate surface area is 149 Å². The van der Waals surface area contributed by atoms with E-state index in [0.717, 1.165) is 11.4 Å². The van der Waals surface area contributed by atoms with Crippen molar-refractivity contribution in [1.82, 2.24) is 0 Å². The molecule has 2 aromatic carbocycles. The van der Waals surface area contributed by atoms with Crippen molar-refractivity contribution in [3.05, 3.63) is 73.8 Å². The molecule has 0 unspecified atom stereocenters. The number of hydrogen-bond acceptors (Lipinski definition) is 1. The van der Waals surface area contributed by atoms with E-state index in [1.165, 1.54) is 25.9 Å². The Hall–Kier alpha value is -1.00. The summed E-state index contributed by atoms with van der Waals surface area (Å²) in [7, 11) is 0. The van der Waals surface area contributed by atoms with Gasteiger partial charge in [-0.15, -0.1) is 0 Å². The Balaban J connectivity index is 1.86. The van der Waals surface area contributed by atoms with E-state index in [2.05, 4.69) is 71.2 Å². The van der Waals surface area contributed by atoms with Crippen LogP contribution < -0.4 is 5.32 Å². The van der Waals surface area contributed by atoms with Crippen molar-refractivity contribution in [3.63, 3.8) is 0 Å². The number of fused-ring (bicyclic) bond motifs is 3. The summed E-state index contributed by atoms with van der Waals surface area (Å²) in [6.07, 6.45) is 5.81. The summed E-state index contributed by atoms with van der Waals surface area (Å²) in [4.78, 5) is 0. The summed E-state index contributed by atoms with van der Waals surface area (Å²) in [6, 6.07) is 13.1. The molecule has 2 aliphatic rings. The second-order valence-electron chi connectivity index (χ2n) is 6.18. The molecule has 112 valence electrons. The first-order valence-electron chi connectivity index (χ1n) is 7.63. The third kappa shape index (κ3) is 2.28. The van der Waals surface area contributed by atoms with Crippen LogP contribution in [0, 0.1) is 16.4 Å². The number of halogens is 2. The molecule has 3 heteroatoms. The van der Waals surface area contributed by atoms with E-state index in [9.17, 15) is 0 Å². The molecule has 0 bridgehead atoms. The van der Waals surface area contributed by atoms with E-state index in [1.807, 2.05) is 12.1 Å². The van der Waals surface area contributed by atoms with Crippen molar-refractivity contribution in [2.45, 2.75) is 25.3 Å². The Bertz CT molecular complexity index is 768. The molecule has 0 radical (unpaired) electrons. The average Bonchev–Trinajstić information content (AvgIpc) is 2.97. The van der Waals surface area contributed by atoms with Crippen LogP contribution in [-0.4, -0.2) is 0 Å². The molecule has 0 saturated heterocycles. The minimum absolute atomic E-state index is 0.278. The van der Waals surface area contributed by atoms with E-state index in [-0.39, 0.29) is 6.04 Å². The Morgan fingerprint density at radius 2 is 2.00 bits per heavy atom. The van der Waals surface area contributed by atoms with E-state index in [0.29, 0.717) is 11.8 Å². The second-order valence-corrected chi connectivity index (χ2v) is 7.84. The fourth-order valence-corrected chi connectivity index (χ4v) is 4.93. The van der Waals surface area contributed by atoms with Crippen molar-refractivity contribution in [3.8, 4) is 0 Å². The first-order chi connectivity index (χ1) is 10.6. The van der Waals surface area contributed by atoms with Gasteiger partial charge in [0.1, 0.15) is 0 Å². The van der Waals surface area contributed by atoms with Crippen molar-refractivity contribution in [2.75, 3.05) is 5.32 Å². The summed E-state index contributed by atoms with van der Waals surface area (Å²) in [5.74, 6) is 1.04. The zero-order valence-corrected chi connectivity index (χ0v) is 15.2. The molecule has 0 spiro atoms. The van der Waals surface area contributed by atoms with Crippen LogP contribution in [0.3, 0.4) is 0 Å². The van der Waals surface area contributed by atoms with Gasteiger partial charge in [0.25, 0.3) is 0 Å². The van der Waals surface area contributed by atoms with Gasteiger partial charge in [0.2, 0.25) is 0 Å². The number of benzene rings is 2. The summed E-state index contributed by atoms with van der Waals surface area (Å²) in [5.41, 5.74) is 5.26. The van der Waals surface area contributed by atoms with Gasteiger partial charge in [-0.1, -0.05) is 42.0 Å². The first kappa shape index (κ1) is 14.6. The highest BCUT2D eigenvalue weighted by Gasteiger charge is 2.39. The lowest BCUT2D eigenvalue weighted by Gasteiger charge is -2.38. The molecule has 1 heterocycles. The fraction of sp³-hybridized carbons (Fsp3) is 0.263. The highest BCUT2D eigenvalue weighted by atomic mass is 127. The quantitative estimate of drug-likeness (QED) is 0.435. The molecule has 0 saturated carbocycles. The third-order valence-corrected chi connectivity index (χ3v) is 5.84. The summed E-state index contributed by atoms with van der Waals surface area (Å²) < 4.78 is 1.31. The smallest absolute Gasteiger partial charge is 0.0568 e. The highest BCUT2D eigenvalue weighted by molar-refractivity contribution is 14.1. The van der Waals surface area contributed by atoms with E-state index in [4.69, 9.17) is 11.6 Å². The second kappa shape index (κ2) is 5.57. The Morgan fingerprint density at radius 3 is 2.82 bits per heavy atom. The zero-order valence-electron chi connectivity index (χ0n) is 12.3. The molecule has 1 N–H and O–H groups in total. The van der Waals surface area contributed by atoms with Crippen LogP contribution in [0.5, 0.6) is 0 Å². The van der Waals surface area contributed by atoms with Crippen LogP contribution in [-0.2, 0) is 0 Å². The maximum absolute atomic E-state index is 6.48. The number of nitrogens with one attached hydrogen (secondary N) is 1. The van der Waals surface area contributed by atoms with Crippen molar-refractivity contribution in [2.24, 2.45) is 5.92 Å². The van der Waals surface area contributed by atoms with Gasteiger partial charge >= 0.3 is 0 Å². The SMILES string of the molecule is Cc1cc(I)cc2c1N[C@H](c1ccccc1Cl)[C@@H]1CC=C[C@@H]21. The summed E-state index contributed by atoms with van der Waals surface area (Å²) in [6.45, 7) is 2.19. The van der Waals surface area contributed by atoms with Gasteiger partial charge in [0, 0.05) is 20.2 Å². The lowest BCUT2D eigenvalue weighted by molar-refractivity contribution is 0.425. The van der Waals surface area contributed by atoms with E-state index >= 15 is 0 Å². The molecule has 2 aromatic rings. The van der Waals surface area contributed by atoms with Crippen LogP contribution >= 0.6 is 34.2 Å². The number of aryl methyl sites for hydroxylation is 1. The molecular weight excluding hydrogens is 405 g/mol. The number of anilines is 1. The molecule has 0 amide bonds. The predicted octanol–water partition coefficient (Wildman–Crippen LogP) is 6.08. The van der Waals surface area contributed by atoms with E-state index < -0.39 is 0 Å². The minimum Gasteiger partial charge on any atom is -0.377 e. The van der Waals surface area contributed by atoms with Crippen LogP contribution in [0.4, 0.5) is 5.69 Å². The zero-order chi connectivity index (χ0) is 15.3. The Kier molecular flexibility index (Phi) is 3.69. The predicted molar refractivity (Wildman–Crippen MR) is 102 cm³/mol. The summed E-state index contributed by atoms with van der Waals surface area (Å²) in [5, 5.41) is 4.65. The average molecular weight is 422 g/mol. The van der Waals surface area contributed by atoms with Gasteiger partial charge in [0.15, 0.2) is 0 Å². The van der Waals surface area contributed by atoms with Crippen LogP contribution in [0.25, 0.3) is 0 Å². The van der Waals surface area contributed by atoms with Gasteiger partial charge in [-0.25, -0.2) is 0 Å². The maximum atomic E-state index is 6.48. The summed E-state index contributed by atoms with van der Waals surface area (Å²) >= 11 is 8.89. The van der Waals surface area contributed by atoms with E-state index in [1.54, 1.807) is 0 Å². The standard InChI is InChI=1S/C19H17ClIN/c1-11-9-12(21)10-16-13-6-4-7-14(13)19(22-18(11)16)15-5-2-3-8-17(15)20/h2-6,8-10,13-14,19,22H,7H2,1H3/t13-,14-,19+/m1/s1. The fourth-order valence-electron chi connectivity index (χ4n) is 3.88. The van der Waals surface area contributed by atoms with Crippen molar-refractivity contribution >= 4 is 39.9 Å². The molecule has 0 fully saturated rings. The van der Waals surface area contributed by atoms with Crippen LogP contribution in [0.1, 0.15) is 35.1 Å². The van der Waals surface area contributed by atoms with Gasteiger partial charge in [-0.3, -0.25) is 0 Å². The number of allylic oxidation sites excluding steroid dienone is 2. The molecular formula is C19H17ClIN. The third-order valence-electron chi connectivity index (χ3n) is 4.87. The normalized spacial score (nSPS) is 25.5. The van der Waals surface area contributed by atoms with Crippen molar-refractivity contribution in [1.29, 1.82) is 0 Å². The topological polar surface area (TPSA) is 12.0 Å². The maximum Gasteiger partial charge on any atom is 0.0568 e. The highest BCUT2D eigenvalue weighted by Crippen LogP contribution is 2.51. The molecule has 4 rings (SSSR count). The molecule has 1 nitrogen and oxygen atoms in total. The van der Waals surface area contributed by atoms with Gasteiger partial charge in [0.05, 0.1) is 6.04 Å². The van der Waals surface area contributed by atoms with Crippen LogP contribution in [0.15, 0.2) is 48.6 Å². The monoisotopic (exact) mass is 421 g/mol.